The molecule has 104 valence electrons. The molecule has 3 nitrogen and oxygen atoms in total. The summed E-state index contributed by atoms with van der Waals surface area (Å²) < 4.78 is 5.63. The van der Waals surface area contributed by atoms with Crippen molar-refractivity contribution in [2.24, 2.45) is 11.8 Å². The number of carbonyl (C=O) groups is 1. The molecule has 1 aliphatic heterocycles. The summed E-state index contributed by atoms with van der Waals surface area (Å²) in [5.74, 6) is -0.248. The number of hydrogen-bond donors (Lipinski definition) is 1. The average molecular weight is 254 g/mol. The van der Waals surface area contributed by atoms with Gasteiger partial charge in [-0.2, -0.15) is 0 Å². The topological polar surface area (TPSA) is 46.5 Å². The van der Waals surface area contributed by atoms with E-state index in [2.05, 4.69) is 0 Å². The van der Waals surface area contributed by atoms with Crippen molar-refractivity contribution >= 4 is 5.97 Å². The summed E-state index contributed by atoms with van der Waals surface area (Å²) in [6.07, 6.45) is 11.7. The minimum Gasteiger partial charge on any atom is -0.481 e. The van der Waals surface area contributed by atoms with Gasteiger partial charge in [0.25, 0.3) is 0 Å². The number of ether oxygens (including phenoxy) is 1. The smallest absolute Gasteiger partial charge is 0.306 e. The third kappa shape index (κ3) is 3.98. The summed E-state index contributed by atoms with van der Waals surface area (Å²) in [6, 6.07) is 0. The zero-order valence-electron chi connectivity index (χ0n) is 11.3. The Labute approximate surface area is 110 Å². The van der Waals surface area contributed by atoms with Crippen LogP contribution in [0.25, 0.3) is 0 Å². The first-order valence-electron chi connectivity index (χ1n) is 7.62. The molecule has 0 bridgehead atoms. The highest BCUT2D eigenvalue weighted by molar-refractivity contribution is 5.70. The van der Waals surface area contributed by atoms with E-state index < -0.39 is 5.97 Å². The lowest BCUT2D eigenvalue weighted by Gasteiger charge is -2.22. The Bertz CT molecular complexity index is 258. The van der Waals surface area contributed by atoms with Crippen LogP contribution in [0.2, 0.25) is 0 Å². The van der Waals surface area contributed by atoms with E-state index in [0.29, 0.717) is 12.0 Å². The molecule has 0 aromatic rings. The molecule has 3 heteroatoms. The number of rotatable bonds is 5. The fourth-order valence-corrected chi connectivity index (χ4v) is 3.53. The van der Waals surface area contributed by atoms with Crippen molar-refractivity contribution in [1.82, 2.24) is 0 Å². The molecule has 0 radical (unpaired) electrons. The zero-order chi connectivity index (χ0) is 12.8. The fraction of sp³-hybridized carbons (Fsp3) is 0.933. The Morgan fingerprint density at radius 3 is 2.61 bits per heavy atom. The van der Waals surface area contributed by atoms with Gasteiger partial charge in [-0.15, -0.1) is 0 Å². The van der Waals surface area contributed by atoms with E-state index in [1.54, 1.807) is 0 Å². The maximum absolute atomic E-state index is 11.3. The van der Waals surface area contributed by atoms with Crippen LogP contribution < -0.4 is 0 Å². The van der Waals surface area contributed by atoms with Gasteiger partial charge in [0, 0.05) is 6.61 Å². The molecule has 0 amide bonds. The molecule has 3 atom stereocenters. The third-order valence-corrected chi connectivity index (χ3v) is 4.60. The van der Waals surface area contributed by atoms with Gasteiger partial charge in [-0.1, -0.05) is 25.7 Å². The Morgan fingerprint density at radius 1 is 1.06 bits per heavy atom. The van der Waals surface area contributed by atoms with Gasteiger partial charge in [0.05, 0.1) is 12.0 Å². The van der Waals surface area contributed by atoms with Crippen molar-refractivity contribution in [3.8, 4) is 0 Å². The number of carboxylic acid groups (broad SMARTS) is 1. The van der Waals surface area contributed by atoms with Gasteiger partial charge in [-0.3, -0.25) is 4.79 Å². The molecule has 18 heavy (non-hydrogen) atoms. The van der Waals surface area contributed by atoms with Crippen molar-refractivity contribution in [2.45, 2.75) is 70.3 Å². The molecule has 1 saturated heterocycles. The van der Waals surface area contributed by atoms with E-state index in [1.807, 2.05) is 0 Å². The van der Waals surface area contributed by atoms with Crippen LogP contribution >= 0.6 is 0 Å². The van der Waals surface area contributed by atoms with E-state index in [4.69, 9.17) is 4.74 Å². The number of aliphatic carboxylic acids is 1. The standard InChI is InChI=1S/C15H26O3/c16-15(17)14-10-3-1-2-6-12(14)7-4-8-13-9-5-11-18-13/h12-14H,1-11H2,(H,16,17). The fourth-order valence-electron chi connectivity index (χ4n) is 3.53. The third-order valence-electron chi connectivity index (χ3n) is 4.60. The molecule has 3 unspecified atom stereocenters. The van der Waals surface area contributed by atoms with Crippen LogP contribution in [0.5, 0.6) is 0 Å². The normalized spacial score (nSPS) is 33.2. The van der Waals surface area contributed by atoms with Crippen molar-refractivity contribution in [3.63, 3.8) is 0 Å². The molecule has 1 heterocycles. The lowest BCUT2D eigenvalue weighted by molar-refractivity contribution is -0.144. The summed E-state index contributed by atoms with van der Waals surface area (Å²) in [6.45, 7) is 0.922. The van der Waals surface area contributed by atoms with Gasteiger partial charge in [0.1, 0.15) is 0 Å². The quantitative estimate of drug-likeness (QED) is 0.762. The predicted octanol–water partition coefficient (Wildman–Crippen LogP) is 3.62. The van der Waals surface area contributed by atoms with E-state index in [9.17, 15) is 9.90 Å². The Hall–Kier alpha value is -0.570. The van der Waals surface area contributed by atoms with Gasteiger partial charge in [-0.25, -0.2) is 0 Å². The van der Waals surface area contributed by atoms with Crippen LogP contribution in [0.1, 0.15) is 64.2 Å². The number of carboxylic acids is 1. The maximum Gasteiger partial charge on any atom is 0.306 e. The van der Waals surface area contributed by atoms with Crippen LogP contribution in [0.15, 0.2) is 0 Å². The summed E-state index contributed by atoms with van der Waals surface area (Å²) >= 11 is 0. The summed E-state index contributed by atoms with van der Waals surface area (Å²) in [5, 5.41) is 9.32. The first kappa shape index (κ1) is 13.9. The summed E-state index contributed by atoms with van der Waals surface area (Å²) in [7, 11) is 0. The molecule has 0 spiro atoms. The maximum atomic E-state index is 11.3. The second-order valence-electron chi connectivity index (χ2n) is 5.91. The molecule has 1 aliphatic carbocycles. The molecule has 0 aromatic heterocycles. The van der Waals surface area contributed by atoms with Crippen LogP contribution in [0.4, 0.5) is 0 Å². The molecule has 0 aromatic carbocycles. The first-order valence-corrected chi connectivity index (χ1v) is 7.62. The van der Waals surface area contributed by atoms with Crippen molar-refractivity contribution in [2.75, 3.05) is 6.61 Å². The SMILES string of the molecule is O=C(O)C1CCCCCC1CCCC1CCCO1. The summed E-state index contributed by atoms with van der Waals surface area (Å²) in [5.41, 5.74) is 0. The van der Waals surface area contributed by atoms with Gasteiger partial charge in [-0.05, 0) is 44.4 Å². The largest absolute Gasteiger partial charge is 0.481 e. The van der Waals surface area contributed by atoms with Crippen LogP contribution in [0, 0.1) is 11.8 Å². The van der Waals surface area contributed by atoms with Gasteiger partial charge < -0.3 is 9.84 Å². The lowest BCUT2D eigenvalue weighted by Crippen LogP contribution is -2.23. The molecule has 2 rings (SSSR count). The van der Waals surface area contributed by atoms with E-state index in [0.717, 1.165) is 45.1 Å². The second kappa shape index (κ2) is 7.13. The van der Waals surface area contributed by atoms with Gasteiger partial charge in [0.2, 0.25) is 0 Å². The van der Waals surface area contributed by atoms with Crippen LogP contribution in [0.3, 0.4) is 0 Å². The van der Waals surface area contributed by atoms with Crippen molar-refractivity contribution < 1.29 is 14.6 Å². The highest BCUT2D eigenvalue weighted by Crippen LogP contribution is 2.33. The van der Waals surface area contributed by atoms with Gasteiger partial charge >= 0.3 is 5.97 Å². The minimum absolute atomic E-state index is 0.0861. The molecule has 2 fully saturated rings. The van der Waals surface area contributed by atoms with Crippen LogP contribution in [-0.4, -0.2) is 23.8 Å². The second-order valence-corrected chi connectivity index (χ2v) is 5.91. The lowest BCUT2D eigenvalue weighted by atomic mass is 9.84. The van der Waals surface area contributed by atoms with Crippen LogP contribution in [-0.2, 0) is 9.53 Å². The zero-order valence-corrected chi connectivity index (χ0v) is 11.3. The highest BCUT2D eigenvalue weighted by Gasteiger charge is 2.29. The molecular weight excluding hydrogens is 228 g/mol. The van der Waals surface area contributed by atoms with Crippen molar-refractivity contribution in [1.29, 1.82) is 0 Å². The van der Waals surface area contributed by atoms with Crippen molar-refractivity contribution in [3.05, 3.63) is 0 Å². The Kier molecular flexibility index (Phi) is 5.48. The average Bonchev–Trinajstić information content (AvgIpc) is 2.73. The first-order chi connectivity index (χ1) is 8.77. The monoisotopic (exact) mass is 254 g/mol. The molecule has 2 aliphatic rings. The predicted molar refractivity (Wildman–Crippen MR) is 70.5 cm³/mol. The Morgan fingerprint density at radius 2 is 1.89 bits per heavy atom. The number of hydrogen-bond acceptors (Lipinski definition) is 2. The van der Waals surface area contributed by atoms with E-state index in [-0.39, 0.29) is 5.92 Å². The Balaban J connectivity index is 1.75. The van der Waals surface area contributed by atoms with Gasteiger partial charge in [0.15, 0.2) is 0 Å². The highest BCUT2D eigenvalue weighted by atomic mass is 16.5. The van der Waals surface area contributed by atoms with E-state index >= 15 is 0 Å². The van der Waals surface area contributed by atoms with E-state index in [1.165, 1.54) is 25.7 Å². The minimum atomic E-state index is -0.570. The summed E-state index contributed by atoms with van der Waals surface area (Å²) in [4.78, 5) is 11.3. The molecular formula is C15H26O3. The molecule has 1 N–H and O–H groups in total. The molecule has 1 saturated carbocycles.